The highest BCUT2D eigenvalue weighted by Crippen LogP contribution is 2.27. The number of halogens is 1. The maximum absolute atomic E-state index is 6.11. The second-order valence-electron chi connectivity index (χ2n) is 4.88. The lowest BCUT2D eigenvalue weighted by Crippen LogP contribution is -2.52. The van der Waals surface area contributed by atoms with Gasteiger partial charge >= 0.3 is 0 Å². The summed E-state index contributed by atoms with van der Waals surface area (Å²) < 4.78 is 7.24. The van der Waals surface area contributed by atoms with Crippen molar-refractivity contribution in [1.82, 2.24) is 5.32 Å². The second-order valence-corrected chi connectivity index (χ2v) is 5.80. The fourth-order valence-corrected chi connectivity index (χ4v) is 3.23. The Morgan fingerprint density at radius 1 is 1.26 bits per heavy atom. The van der Waals surface area contributed by atoms with Crippen molar-refractivity contribution in [1.29, 1.82) is 0 Å². The zero-order valence-corrected chi connectivity index (χ0v) is 14.1. The average molecular weight is 328 g/mol. The highest BCUT2D eigenvalue weighted by Gasteiger charge is 2.35. The number of benzene rings is 1. The number of rotatable bonds is 8. The molecule has 0 aliphatic heterocycles. The molecule has 0 bridgehead atoms. The van der Waals surface area contributed by atoms with Crippen LogP contribution >= 0.6 is 15.9 Å². The topological polar surface area (TPSA) is 21.3 Å². The lowest BCUT2D eigenvalue weighted by Gasteiger charge is -2.39. The molecule has 0 saturated carbocycles. The summed E-state index contributed by atoms with van der Waals surface area (Å²) in [5.74, 6) is 0. The molecule has 0 saturated heterocycles. The molecule has 108 valence electrons. The molecule has 0 aliphatic carbocycles. The Balaban J connectivity index is 2.91. The van der Waals surface area contributed by atoms with Gasteiger partial charge in [-0.15, -0.1) is 0 Å². The van der Waals surface area contributed by atoms with Gasteiger partial charge in [-0.25, -0.2) is 0 Å². The molecule has 0 aromatic heterocycles. The van der Waals surface area contributed by atoms with Gasteiger partial charge in [0.25, 0.3) is 0 Å². The summed E-state index contributed by atoms with van der Waals surface area (Å²) in [6.45, 7) is 7.26. The van der Waals surface area contributed by atoms with E-state index in [0.29, 0.717) is 6.04 Å². The summed E-state index contributed by atoms with van der Waals surface area (Å²) in [6.07, 6.45) is 3.03. The Kier molecular flexibility index (Phi) is 7.05. The van der Waals surface area contributed by atoms with E-state index in [2.05, 4.69) is 66.3 Å². The summed E-state index contributed by atoms with van der Waals surface area (Å²) in [6, 6.07) is 8.85. The first-order chi connectivity index (χ1) is 9.11. The van der Waals surface area contributed by atoms with Crippen LogP contribution in [-0.2, 0) is 11.2 Å². The Hall–Kier alpha value is -0.380. The first-order valence-electron chi connectivity index (χ1n) is 7.17. The summed E-state index contributed by atoms with van der Waals surface area (Å²) in [4.78, 5) is 0. The van der Waals surface area contributed by atoms with Gasteiger partial charge in [0.05, 0.1) is 5.60 Å². The molecular formula is C16H26BrNO. The molecule has 1 N–H and O–H groups in total. The van der Waals surface area contributed by atoms with E-state index in [-0.39, 0.29) is 5.60 Å². The third-order valence-electron chi connectivity index (χ3n) is 3.94. The van der Waals surface area contributed by atoms with Crippen LogP contribution in [0, 0.1) is 0 Å². The van der Waals surface area contributed by atoms with E-state index in [9.17, 15) is 0 Å². The minimum absolute atomic E-state index is 0.0776. The Morgan fingerprint density at radius 3 is 2.42 bits per heavy atom. The van der Waals surface area contributed by atoms with E-state index >= 15 is 0 Å². The second kappa shape index (κ2) is 8.03. The zero-order valence-electron chi connectivity index (χ0n) is 12.5. The predicted octanol–water partition coefficient (Wildman–Crippen LogP) is 4.17. The van der Waals surface area contributed by atoms with Crippen molar-refractivity contribution in [2.75, 3.05) is 13.7 Å². The van der Waals surface area contributed by atoms with Gasteiger partial charge in [-0.1, -0.05) is 41.9 Å². The fourth-order valence-electron chi connectivity index (χ4n) is 2.79. The standard InChI is InChI=1S/C16H26BrNO/c1-5-16(6-2,19-7-3)15(18-4)12-13-9-8-10-14(17)11-13/h8-11,15,18H,5-7,12H2,1-4H3. The molecule has 0 radical (unpaired) electrons. The first kappa shape index (κ1) is 16.7. The lowest BCUT2D eigenvalue weighted by molar-refractivity contribution is -0.0703. The van der Waals surface area contributed by atoms with E-state index in [1.165, 1.54) is 5.56 Å². The number of hydrogen-bond donors (Lipinski definition) is 1. The SMILES string of the molecule is CCOC(CC)(CC)C(Cc1cccc(Br)c1)NC. The number of ether oxygens (including phenoxy) is 1. The monoisotopic (exact) mass is 327 g/mol. The van der Waals surface area contributed by atoms with Crippen molar-refractivity contribution in [2.45, 2.75) is 51.7 Å². The van der Waals surface area contributed by atoms with Gasteiger partial charge in [-0.3, -0.25) is 0 Å². The number of hydrogen-bond acceptors (Lipinski definition) is 2. The van der Waals surface area contributed by atoms with Crippen LogP contribution < -0.4 is 5.32 Å². The van der Waals surface area contributed by atoms with Crippen molar-refractivity contribution in [3.05, 3.63) is 34.3 Å². The molecule has 3 heteroatoms. The highest BCUT2D eigenvalue weighted by molar-refractivity contribution is 9.10. The van der Waals surface area contributed by atoms with Gasteiger partial charge in [0.1, 0.15) is 0 Å². The Labute approximate surface area is 126 Å². The van der Waals surface area contributed by atoms with E-state index in [1.807, 2.05) is 7.05 Å². The zero-order chi connectivity index (χ0) is 14.3. The molecule has 1 unspecified atom stereocenters. The van der Waals surface area contributed by atoms with Crippen LogP contribution in [0.1, 0.15) is 39.2 Å². The van der Waals surface area contributed by atoms with Crippen molar-refractivity contribution in [2.24, 2.45) is 0 Å². The largest absolute Gasteiger partial charge is 0.374 e. The molecule has 1 rings (SSSR count). The van der Waals surface area contributed by atoms with Gasteiger partial charge in [0.2, 0.25) is 0 Å². The average Bonchev–Trinajstić information content (AvgIpc) is 2.43. The Morgan fingerprint density at radius 2 is 1.95 bits per heavy atom. The Bertz CT molecular complexity index is 377. The van der Waals surface area contributed by atoms with Crippen LogP contribution in [-0.4, -0.2) is 25.3 Å². The first-order valence-corrected chi connectivity index (χ1v) is 7.96. The van der Waals surface area contributed by atoms with Crippen LogP contribution in [0.3, 0.4) is 0 Å². The van der Waals surface area contributed by atoms with E-state index in [4.69, 9.17) is 4.74 Å². The highest BCUT2D eigenvalue weighted by atomic mass is 79.9. The van der Waals surface area contributed by atoms with Crippen LogP contribution in [0.5, 0.6) is 0 Å². The molecule has 2 nitrogen and oxygen atoms in total. The van der Waals surface area contributed by atoms with Crippen LogP contribution in [0.4, 0.5) is 0 Å². The normalized spacial score (nSPS) is 13.5. The van der Waals surface area contributed by atoms with Crippen molar-refractivity contribution >= 4 is 15.9 Å². The van der Waals surface area contributed by atoms with Crippen LogP contribution in [0.15, 0.2) is 28.7 Å². The molecule has 0 aliphatic rings. The fraction of sp³-hybridized carbons (Fsp3) is 0.625. The third-order valence-corrected chi connectivity index (χ3v) is 4.43. The molecule has 1 aromatic carbocycles. The summed E-state index contributed by atoms with van der Waals surface area (Å²) in [7, 11) is 2.03. The molecule has 19 heavy (non-hydrogen) atoms. The van der Waals surface area contributed by atoms with Gasteiger partial charge < -0.3 is 10.1 Å². The summed E-state index contributed by atoms with van der Waals surface area (Å²) >= 11 is 3.54. The van der Waals surface area contributed by atoms with E-state index in [0.717, 1.165) is 30.3 Å². The number of nitrogens with one attached hydrogen (secondary N) is 1. The van der Waals surface area contributed by atoms with Crippen molar-refractivity contribution in [3.63, 3.8) is 0 Å². The maximum atomic E-state index is 6.11. The van der Waals surface area contributed by atoms with Gasteiger partial charge in [0.15, 0.2) is 0 Å². The maximum Gasteiger partial charge on any atom is 0.0832 e. The van der Waals surface area contributed by atoms with Crippen molar-refractivity contribution in [3.8, 4) is 0 Å². The molecule has 0 spiro atoms. The van der Waals surface area contributed by atoms with E-state index in [1.54, 1.807) is 0 Å². The van der Waals surface area contributed by atoms with Crippen LogP contribution in [0.2, 0.25) is 0 Å². The molecule has 0 fully saturated rings. The summed E-state index contributed by atoms with van der Waals surface area (Å²) in [5, 5.41) is 3.46. The minimum atomic E-state index is -0.0776. The van der Waals surface area contributed by atoms with E-state index < -0.39 is 0 Å². The molecule has 0 amide bonds. The van der Waals surface area contributed by atoms with Gasteiger partial charge in [0, 0.05) is 17.1 Å². The lowest BCUT2D eigenvalue weighted by atomic mass is 9.84. The predicted molar refractivity (Wildman–Crippen MR) is 85.6 cm³/mol. The summed E-state index contributed by atoms with van der Waals surface area (Å²) in [5.41, 5.74) is 1.26. The smallest absolute Gasteiger partial charge is 0.0832 e. The number of likely N-dealkylation sites (N-methyl/N-ethyl adjacent to an activating group) is 1. The minimum Gasteiger partial charge on any atom is -0.374 e. The van der Waals surface area contributed by atoms with Crippen molar-refractivity contribution < 1.29 is 4.74 Å². The van der Waals surface area contributed by atoms with Gasteiger partial charge in [-0.2, -0.15) is 0 Å². The van der Waals surface area contributed by atoms with Gasteiger partial charge in [-0.05, 0) is 50.9 Å². The third kappa shape index (κ3) is 4.30. The molecule has 0 heterocycles. The quantitative estimate of drug-likeness (QED) is 0.773. The molecule has 1 aromatic rings. The van der Waals surface area contributed by atoms with Crippen LogP contribution in [0.25, 0.3) is 0 Å². The molecular weight excluding hydrogens is 302 g/mol. The molecule has 1 atom stereocenters.